The molecular weight excluding hydrogens is 500 g/mol. The maximum atomic E-state index is 12.9. The second-order valence-electron chi connectivity index (χ2n) is 10.1. The molecule has 1 saturated heterocycles. The molecule has 198 valence electrons. The second-order valence-corrected chi connectivity index (χ2v) is 10.1. The molecule has 3 heterocycles. The number of aromatic nitrogens is 4. The van der Waals surface area contributed by atoms with Crippen LogP contribution in [0.5, 0.6) is 0 Å². The molecule has 2 aromatic heterocycles. The Bertz CT molecular complexity index is 1790. The SMILES string of the molecule is CC(=O)NC1=CCc2ccc3ccc(Nc4nc5c(ncn5[C@H]5C[C@H](O)[C@@H](CO)O5)c(=O)[nH]4)c4c3c2C1C=C4. The molecule has 0 radical (unpaired) electrons. The number of hydrogen-bond donors (Lipinski definition) is 5. The van der Waals surface area contributed by atoms with Crippen molar-refractivity contribution in [3.63, 3.8) is 0 Å². The molecule has 0 saturated carbocycles. The highest BCUT2D eigenvalue weighted by Gasteiger charge is 2.35. The fourth-order valence-electron chi connectivity index (χ4n) is 5.93. The Labute approximate surface area is 221 Å². The Morgan fingerprint density at radius 2 is 2.13 bits per heavy atom. The van der Waals surface area contributed by atoms with Gasteiger partial charge in [-0.2, -0.15) is 4.98 Å². The Kier molecular flexibility index (Phi) is 5.41. The summed E-state index contributed by atoms with van der Waals surface area (Å²) in [7, 11) is 0. The van der Waals surface area contributed by atoms with Crippen LogP contribution in [0.25, 0.3) is 28.0 Å². The van der Waals surface area contributed by atoms with E-state index >= 15 is 0 Å². The standard InChI is InChI=1S/C28H26N6O5/c1-13(36)30-18-8-4-14-2-3-15-5-9-19(17-7-6-16(18)23(14)24(15)17)31-28-32-26-25(27(38)33-28)29-12-34(26)22-10-20(37)21(11-35)39-22/h2-3,5-9,12,16,20-22,35,37H,4,10-11H2,1H3,(H,30,36)(H2,31,32,33,38)/t16?,20-,21+,22+/m0/s1. The molecular formula is C28H26N6O5. The first kappa shape index (κ1) is 23.8. The summed E-state index contributed by atoms with van der Waals surface area (Å²) in [6, 6.07) is 8.22. The topological polar surface area (TPSA) is 154 Å². The van der Waals surface area contributed by atoms with Gasteiger partial charge in [0.2, 0.25) is 11.9 Å². The van der Waals surface area contributed by atoms with Crippen LogP contribution >= 0.6 is 0 Å². The average molecular weight is 527 g/mol. The summed E-state index contributed by atoms with van der Waals surface area (Å²) in [5.41, 5.74) is 5.05. The summed E-state index contributed by atoms with van der Waals surface area (Å²) in [4.78, 5) is 36.3. The molecule has 0 bridgehead atoms. The highest BCUT2D eigenvalue weighted by Crippen LogP contribution is 2.45. The predicted octanol–water partition coefficient (Wildman–Crippen LogP) is 2.34. The van der Waals surface area contributed by atoms with E-state index in [4.69, 9.17) is 4.74 Å². The van der Waals surface area contributed by atoms with Gasteiger partial charge in [0.05, 0.1) is 19.0 Å². The van der Waals surface area contributed by atoms with Crippen LogP contribution in [-0.2, 0) is 16.0 Å². The number of aliphatic hydroxyl groups is 2. The van der Waals surface area contributed by atoms with Crippen molar-refractivity contribution in [2.24, 2.45) is 0 Å². The summed E-state index contributed by atoms with van der Waals surface area (Å²) in [6.45, 7) is 1.21. The van der Waals surface area contributed by atoms with Crippen LogP contribution in [-0.4, -0.2) is 54.5 Å². The number of imidazole rings is 1. The Balaban J connectivity index is 1.29. The first-order valence-corrected chi connectivity index (χ1v) is 12.8. The number of carbonyl (C=O) groups is 1. The Hall–Kier alpha value is -4.32. The largest absolute Gasteiger partial charge is 0.394 e. The third kappa shape index (κ3) is 3.77. The second kappa shape index (κ2) is 8.87. The molecule has 1 fully saturated rings. The average Bonchev–Trinajstić information content (AvgIpc) is 3.52. The van der Waals surface area contributed by atoms with Crippen LogP contribution in [0.3, 0.4) is 0 Å². The van der Waals surface area contributed by atoms with Crippen molar-refractivity contribution in [2.75, 3.05) is 11.9 Å². The van der Waals surface area contributed by atoms with Crippen molar-refractivity contribution in [3.8, 4) is 0 Å². The van der Waals surface area contributed by atoms with Crippen LogP contribution < -0.4 is 16.2 Å². The van der Waals surface area contributed by atoms with Gasteiger partial charge < -0.3 is 25.6 Å². The minimum absolute atomic E-state index is 0.0442. The lowest BCUT2D eigenvalue weighted by Gasteiger charge is -2.30. The van der Waals surface area contributed by atoms with Gasteiger partial charge in [-0.05, 0) is 34.4 Å². The lowest BCUT2D eigenvalue weighted by Crippen LogP contribution is -2.26. The van der Waals surface area contributed by atoms with E-state index < -0.39 is 24.0 Å². The highest BCUT2D eigenvalue weighted by atomic mass is 16.5. The molecule has 0 spiro atoms. The molecule has 11 heteroatoms. The number of nitrogens with one attached hydrogen (secondary N) is 3. The third-order valence-corrected chi connectivity index (χ3v) is 7.70. The number of hydrogen-bond acceptors (Lipinski definition) is 8. The number of fused-ring (bicyclic) bond motifs is 1. The number of carbonyl (C=O) groups excluding carboxylic acids is 1. The van der Waals surface area contributed by atoms with Gasteiger partial charge in [-0.3, -0.25) is 19.1 Å². The molecule has 5 N–H and O–H groups in total. The fraction of sp³-hybridized carbons (Fsp3) is 0.286. The van der Waals surface area contributed by atoms with Crippen molar-refractivity contribution in [3.05, 3.63) is 75.5 Å². The molecule has 1 unspecified atom stereocenters. The first-order valence-electron chi connectivity index (χ1n) is 12.8. The Morgan fingerprint density at radius 3 is 2.92 bits per heavy atom. The highest BCUT2D eigenvalue weighted by molar-refractivity contribution is 6.02. The summed E-state index contributed by atoms with van der Waals surface area (Å²) in [5.74, 6) is 0.0963. The molecule has 2 aromatic carbocycles. The van der Waals surface area contributed by atoms with E-state index in [9.17, 15) is 19.8 Å². The Morgan fingerprint density at radius 1 is 1.28 bits per heavy atom. The zero-order valence-electron chi connectivity index (χ0n) is 21.0. The monoisotopic (exact) mass is 526 g/mol. The van der Waals surface area contributed by atoms with E-state index in [0.29, 0.717) is 5.65 Å². The zero-order valence-corrected chi connectivity index (χ0v) is 21.0. The normalized spacial score (nSPS) is 23.3. The molecule has 3 aliphatic rings. The van der Waals surface area contributed by atoms with E-state index in [1.165, 1.54) is 24.4 Å². The lowest BCUT2D eigenvalue weighted by molar-refractivity contribution is -0.118. The van der Waals surface area contributed by atoms with Crippen LogP contribution in [0.2, 0.25) is 0 Å². The number of anilines is 2. The third-order valence-electron chi connectivity index (χ3n) is 7.70. The van der Waals surface area contributed by atoms with Crippen LogP contribution in [0.1, 0.15) is 42.2 Å². The van der Waals surface area contributed by atoms with Crippen molar-refractivity contribution < 1.29 is 19.7 Å². The van der Waals surface area contributed by atoms with Gasteiger partial charge in [0.1, 0.15) is 12.3 Å². The van der Waals surface area contributed by atoms with E-state index in [1.807, 2.05) is 18.2 Å². The van der Waals surface area contributed by atoms with E-state index in [0.717, 1.165) is 34.1 Å². The first-order chi connectivity index (χ1) is 18.9. The number of aromatic amines is 1. The number of ether oxygens (including phenoxy) is 1. The van der Waals surface area contributed by atoms with Gasteiger partial charge in [-0.25, -0.2) is 4.98 Å². The molecule has 4 atom stereocenters. The zero-order chi connectivity index (χ0) is 26.8. The number of allylic oxidation sites excluding steroid dienone is 2. The smallest absolute Gasteiger partial charge is 0.280 e. The maximum absolute atomic E-state index is 12.9. The molecule has 2 aliphatic carbocycles. The molecule has 11 nitrogen and oxygen atoms in total. The fourth-order valence-corrected chi connectivity index (χ4v) is 5.93. The number of benzene rings is 2. The molecule has 39 heavy (non-hydrogen) atoms. The predicted molar refractivity (Wildman–Crippen MR) is 144 cm³/mol. The molecule has 7 rings (SSSR count). The van der Waals surface area contributed by atoms with Gasteiger partial charge in [-0.1, -0.05) is 36.4 Å². The number of amides is 1. The summed E-state index contributed by atoms with van der Waals surface area (Å²) in [5, 5.41) is 28.1. The van der Waals surface area contributed by atoms with Crippen LogP contribution in [0.4, 0.5) is 11.6 Å². The minimum Gasteiger partial charge on any atom is -0.394 e. The lowest BCUT2D eigenvalue weighted by atomic mass is 9.77. The van der Waals surface area contributed by atoms with Gasteiger partial charge in [0.25, 0.3) is 5.56 Å². The quantitative estimate of drug-likeness (QED) is 0.266. The van der Waals surface area contributed by atoms with Gasteiger partial charge in [0, 0.05) is 36.2 Å². The van der Waals surface area contributed by atoms with E-state index in [-0.39, 0.29) is 36.3 Å². The number of rotatable bonds is 5. The van der Waals surface area contributed by atoms with Gasteiger partial charge in [-0.15, -0.1) is 0 Å². The molecule has 1 amide bonds. The number of nitrogens with zero attached hydrogens (tertiary/aromatic N) is 3. The summed E-state index contributed by atoms with van der Waals surface area (Å²) in [6.07, 6.45) is 6.48. The van der Waals surface area contributed by atoms with Crippen LogP contribution in [0.15, 0.2) is 53.2 Å². The van der Waals surface area contributed by atoms with E-state index in [2.05, 4.69) is 49.9 Å². The molecule has 4 aromatic rings. The van der Waals surface area contributed by atoms with E-state index in [1.54, 1.807) is 4.57 Å². The van der Waals surface area contributed by atoms with Crippen molar-refractivity contribution in [2.45, 2.75) is 44.1 Å². The number of H-pyrrole nitrogens is 1. The number of aliphatic hydroxyl groups excluding tert-OH is 2. The van der Waals surface area contributed by atoms with Gasteiger partial charge >= 0.3 is 0 Å². The molecule has 1 aliphatic heterocycles. The van der Waals surface area contributed by atoms with Crippen molar-refractivity contribution >= 4 is 45.6 Å². The van der Waals surface area contributed by atoms with Crippen LogP contribution in [0, 0.1) is 0 Å². The maximum Gasteiger partial charge on any atom is 0.280 e. The van der Waals surface area contributed by atoms with Crippen molar-refractivity contribution in [1.29, 1.82) is 0 Å². The summed E-state index contributed by atoms with van der Waals surface area (Å²) >= 11 is 0. The summed E-state index contributed by atoms with van der Waals surface area (Å²) < 4.78 is 7.37. The minimum atomic E-state index is -0.828. The van der Waals surface area contributed by atoms with Gasteiger partial charge in [0.15, 0.2) is 11.2 Å². The van der Waals surface area contributed by atoms with Crippen molar-refractivity contribution in [1.82, 2.24) is 24.8 Å².